The first-order valence-electron chi connectivity index (χ1n) is 8.35. The van der Waals surface area contributed by atoms with Crippen LogP contribution in [0.3, 0.4) is 0 Å². The number of nitrogens with zero attached hydrogens (tertiary/aromatic N) is 2. The van der Waals surface area contributed by atoms with Crippen molar-refractivity contribution in [2.75, 3.05) is 12.0 Å². The summed E-state index contributed by atoms with van der Waals surface area (Å²) in [5.41, 5.74) is 7.03. The van der Waals surface area contributed by atoms with Gasteiger partial charge >= 0.3 is 5.97 Å². The molecule has 3 aromatic rings. The largest absolute Gasteiger partial charge is 0.462 e. The Hall–Kier alpha value is -3.41. The predicted octanol–water partition coefficient (Wildman–Crippen LogP) is 4.01. The third-order valence-electron chi connectivity index (χ3n) is 3.83. The Morgan fingerprint density at radius 1 is 1.15 bits per heavy atom. The van der Waals surface area contributed by atoms with E-state index in [1.54, 1.807) is 20.1 Å². The molecule has 3 rings (SSSR count). The van der Waals surface area contributed by atoms with Crippen LogP contribution in [0.25, 0.3) is 11.1 Å². The fourth-order valence-electron chi connectivity index (χ4n) is 2.52. The first kappa shape index (κ1) is 17.4. The van der Waals surface area contributed by atoms with Crippen LogP contribution in [0.5, 0.6) is 0 Å². The minimum absolute atomic E-state index is 0.305. The number of aromatic amines is 1. The number of aryl methyl sites for hydroxylation is 1. The molecule has 0 aliphatic heterocycles. The van der Waals surface area contributed by atoms with E-state index in [0.29, 0.717) is 23.7 Å². The summed E-state index contributed by atoms with van der Waals surface area (Å²) in [4.78, 5) is 12.0. The molecule has 6 heteroatoms. The number of carbonyl (C=O) groups excluding carboxylic acids is 1. The number of nitrogens with one attached hydrogen (secondary N) is 2. The zero-order valence-corrected chi connectivity index (χ0v) is 14.7. The van der Waals surface area contributed by atoms with E-state index in [4.69, 9.17) is 4.74 Å². The number of hydrogen-bond acceptors (Lipinski definition) is 5. The Kier molecular flexibility index (Phi) is 5.43. The highest BCUT2D eigenvalue weighted by Crippen LogP contribution is 2.19. The molecular weight excluding hydrogens is 328 g/mol. The van der Waals surface area contributed by atoms with Crippen molar-refractivity contribution in [3.8, 4) is 11.1 Å². The molecule has 0 unspecified atom stereocenters. The van der Waals surface area contributed by atoms with Gasteiger partial charge in [0.15, 0.2) is 5.82 Å². The maximum absolute atomic E-state index is 12.0. The van der Waals surface area contributed by atoms with Crippen molar-refractivity contribution < 1.29 is 9.53 Å². The highest BCUT2D eigenvalue weighted by Gasteiger charge is 2.18. The molecule has 132 valence electrons. The number of H-pyrrole nitrogens is 1. The predicted molar refractivity (Wildman–Crippen MR) is 102 cm³/mol. The third-order valence-corrected chi connectivity index (χ3v) is 3.83. The Labute approximate surface area is 151 Å². The number of ether oxygens (including phenoxy) is 1. The summed E-state index contributed by atoms with van der Waals surface area (Å²) in [5.74, 6) is -0.0817. The van der Waals surface area contributed by atoms with E-state index in [9.17, 15) is 4.79 Å². The van der Waals surface area contributed by atoms with E-state index < -0.39 is 5.97 Å². The summed E-state index contributed by atoms with van der Waals surface area (Å²) in [6, 6.07) is 18.2. The normalized spacial score (nSPS) is 10.8. The topological polar surface area (TPSA) is 79.4 Å². The van der Waals surface area contributed by atoms with Gasteiger partial charge < -0.3 is 4.74 Å². The average Bonchev–Trinajstić information content (AvgIpc) is 3.04. The summed E-state index contributed by atoms with van der Waals surface area (Å²) in [6.07, 6.45) is 1.67. The van der Waals surface area contributed by atoms with Crippen molar-refractivity contribution in [3.05, 3.63) is 71.4 Å². The molecular formula is C20H20N4O2. The quantitative estimate of drug-likeness (QED) is 0.401. The second-order valence-electron chi connectivity index (χ2n) is 5.65. The zero-order chi connectivity index (χ0) is 18.4. The van der Waals surface area contributed by atoms with Gasteiger partial charge in [-0.3, -0.25) is 10.5 Å². The molecule has 0 saturated heterocycles. The summed E-state index contributed by atoms with van der Waals surface area (Å²) >= 11 is 0. The second-order valence-corrected chi connectivity index (χ2v) is 5.65. The van der Waals surface area contributed by atoms with E-state index in [-0.39, 0.29) is 0 Å². The standard InChI is InChI=1S/C20H20N4O2/c1-3-26-20(25)18-14(2)22-24-19(18)23-21-13-15-9-11-17(12-10-15)16-7-5-4-6-8-16/h4-13H,3H2,1-2H3,(H2,22,23,24)/b21-13+. The van der Waals surface area contributed by atoms with Crippen molar-refractivity contribution in [1.29, 1.82) is 0 Å². The number of hydrazone groups is 1. The second kappa shape index (κ2) is 8.11. The summed E-state index contributed by atoms with van der Waals surface area (Å²) in [6.45, 7) is 3.83. The lowest BCUT2D eigenvalue weighted by Gasteiger charge is -2.03. The van der Waals surface area contributed by atoms with Crippen molar-refractivity contribution >= 4 is 18.0 Å². The lowest BCUT2D eigenvalue weighted by Crippen LogP contribution is -2.08. The summed E-state index contributed by atoms with van der Waals surface area (Å²) in [7, 11) is 0. The molecule has 0 fully saturated rings. The number of anilines is 1. The zero-order valence-electron chi connectivity index (χ0n) is 14.7. The van der Waals surface area contributed by atoms with E-state index >= 15 is 0 Å². The number of esters is 1. The summed E-state index contributed by atoms with van der Waals surface area (Å²) < 4.78 is 5.04. The monoisotopic (exact) mass is 348 g/mol. The Morgan fingerprint density at radius 2 is 1.85 bits per heavy atom. The minimum Gasteiger partial charge on any atom is -0.462 e. The van der Waals surface area contributed by atoms with Crippen LogP contribution in [0, 0.1) is 6.92 Å². The van der Waals surface area contributed by atoms with Crippen molar-refractivity contribution in [2.24, 2.45) is 5.10 Å². The highest BCUT2D eigenvalue weighted by atomic mass is 16.5. The number of carbonyl (C=O) groups is 1. The fraction of sp³-hybridized carbons (Fsp3) is 0.150. The van der Waals surface area contributed by atoms with Gasteiger partial charge in [0.1, 0.15) is 5.56 Å². The van der Waals surface area contributed by atoms with E-state index in [2.05, 4.69) is 32.9 Å². The minimum atomic E-state index is -0.427. The smallest absolute Gasteiger partial charge is 0.343 e. The lowest BCUT2D eigenvalue weighted by molar-refractivity contribution is 0.0526. The molecule has 1 aromatic heterocycles. The van der Waals surface area contributed by atoms with Gasteiger partial charge in [-0.05, 0) is 30.5 Å². The van der Waals surface area contributed by atoms with Gasteiger partial charge in [-0.25, -0.2) is 4.79 Å². The van der Waals surface area contributed by atoms with Crippen molar-refractivity contribution in [2.45, 2.75) is 13.8 Å². The SMILES string of the molecule is CCOC(=O)c1c(N/N=C/c2ccc(-c3ccccc3)cc2)n[nH]c1C. The molecule has 2 aromatic carbocycles. The Morgan fingerprint density at radius 3 is 2.54 bits per heavy atom. The average molecular weight is 348 g/mol. The Bertz CT molecular complexity index is 899. The van der Waals surface area contributed by atoms with Crippen LogP contribution >= 0.6 is 0 Å². The van der Waals surface area contributed by atoms with E-state index in [1.165, 1.54) is 5.56 Å². The molecule has 2 N–H and O–H groups in total. The van der Waals surface area contributed by atoms with Gasteiger partial charge in [-0.2, -0.15) is 10.2 Å². The van der Waals surface area contributed by atoms with E-state index in [0.717, 1.165) is 11.1 Å². The van der Waals surface area contributed by atoms with Crippen LogP contribution in [0.2, 0.25) is 0 Å². The molecule has 0 aliphatic carbocycles. The number of aromatic nitrogens is 2. The Balaban J connectivity index is 1.69. The molecule has 0 atom stereocenters. The molecule has 6 nitrogen and oxygen atoms in total. The first-order chi connectivity index (χ1) is 12.7. The molecule has 0 amide bonds. The van der Waals surface area contributed by atoms with Crippen LogP contribution in [0.4, 0.5) is 5.82 Å². The molecule has 0 bridgehead atoms. The van der Waals surface area contributed by atoms with Crippen LogP contribution in [-0.4, -0.2) is 29.0 Å². The van der Waals surface area contributed by atoms with Gasteiger partial charge in [-0.1, -0.05) is 54.6 Å². The highest BCUT2D eigenvalue weighted by molar-refractivity contribution is 5.96. The molecule has 0 spiro atoms. The van der Waals surface area contributed by atoms with Gasteiger partial charge in [0.05, 0.1) is 12.8 Å². The van der Waals surface area contributed by atoms with Crippen LogP contribution in [-0.2, 0) is 4.74 Å². The lowest BCUT2D eigenvalue weighted by atomic mass is 10.0. The van der Waals surface area contributed by atoms with Crippen LogP contribution in [0.15, 0.2) is 59.7 Å². The number of benzene rings is 2. The van der Waals surface area contributed by atoms with E-state index in [1.807, 2.05) is 42.5 Å². The van der Waals surface area contributed by atoms with Gasteiger partial charge in [0, 0.05) is 5.69 Å². The number of hydrogen-bond donors (Lipinski definition) is 2. The van der Waals surface area contributed by atoms with Crippen LogP contribution in [0.1, 0.15) is 28.5 Å². The van der Waals surface area contributed by atoms with Crippen molar-refractivity contribution in [3.63, 3.8) is 0 Å². The van der Waals surface area contributed by atoms with Gasteiger partial charge in [0.2, 0.25) is 0 Å². The maximum Gasteiger partial charge on any atom is 0.343 e. The molecule has 0 radical (unpaired) electrons. The summed E-state index contributed by atoms with van der Waals surface area (Å²) in [5, 5.41) is 11.0. The molecule has 1 heterocycles. The number of rotatable bonds is 6. The molecule has 0 saturated carbocycles. The van der Waals surface area contributed by atoms with Gasteiger partial charge in [-0.15, -0.1) is 0 Å². The van der Waals surface area contributed by atoms with Gasteiger partial charge in [0.25, 0.3) is 0 Å². The maximum atomic E-state index is 12.0. The molecule has 0 aliphatic rings. The fourth-order valence-corrected chi connectivity index (χ4v) is 2.52. The van der Waals surface area contributed by atoms with Crippen LogP contribution < -0.4 is 5.43 Å². The first-order valence-corrected chi connectivity index (χ1v) is 8.35. The third kappa shape index (κ3) is 3.97. The van der Waals surface area contributed by atoms with Crippen molar-refractivity contribution in [1.82, 2.24) is 10.2 Å². The molecule has 26 heavy (non-hydrogen) atoms.